The molecule has 0 saturated carbocycles. The van der Waals surface area contributed by atoms with Gasteiger partial charge in [-0.1, -0.05) is 18.2 Å². The fourth-order valence-electron chi connectivity index (χ4n) is 1.68. The first-order valence-corrected chi connectivity index (χ1v) is 4.32. The molecular weight excluding hydrogens is 166 g/mol. The molecule has 0 unspecified atom stereocenters. The molecule has 0 aromatic carbocycles. The number of carbonyl (C=O) groups is 1. The minimum atomic E-state index is -0.820. The summed E-state index contributed by atoms with van der Waals surface area (Å²) < 4.78 is 0. The number of aliphatic carboxylic acids is 1. The zero-order chi connectivity index (χ0) is 9.26. The SMILES string of the molecule is O=C(O)C1=C2C=CCC=C2CNC1. The maximum atomic E-state index is 10.9. The molecule has 1 aliphatic heterocycles. The summed E-state index contributed by atoms with van der Waals surface area (Å²) in [7, 11) is 0. The third-order valence-corrected chi connectivity index (χ3v) is 2.33. The quantitative estimate of drug-likeness (QED) is 0.624. The van der Waals surface area contributed by atoms with Gasteiger partial charge < -0.3 is 10.4 Å². The summed E-state index contributed by atoms with van der Waals surface area (Å²) in [6, 6.07) is 0. The van der Waals surface area contributed by atoms with Crippen LogP contribution < -0.4 is 5.32 Å². The van der Waals surface area contributed by atoms with E-state index >= 15 is 0 Å². The molecule has 0 spiro atoms. The highest BCUT2D eigenvalue weighted by atomic mass is 16.4. The Morgan fingerprint density at radius 1 is 1.46 bits per heavy atom. The molecule has 0 atom stereocenters. The highest BCUT2D eigenvalue weighted by Crippen LogP contribution is 2.23. The van der Waals surface area contributed by atoms with Crippen LogP contribution in [0.1, 0.15) is 6.42 Å². The molecule has 13 heavy (non-hydrogen) atoms. The Balaban J connectivity index is 2.46. The average Bonchev–Trinajstić information content (AvgIpc) is 2.17. The first-order chi connectivity index (χ1) is 6.29. The Bertz CT molecular complexity index is 337. The lowest BCUT2D eigenvalue weighted by Gasteiger charge is -2.21. The van der Waals surface area contributed by atoms with Gasteiger partial charge >= 0.3 is 5.97 Å². The van der Waals surface area contributed by atoms with E-state index < -0.39 is 5.97 Å². The molecule has 0 amide bonds. The molecule has 68 valence electrons. The third-order valence-electron chi connectivity index (χ3n) is 2.33. The van der Waals surface area contributed by atoms with Gasteiger partial charge in [0, 0.05) is 13.1 Å². The summed E-state index contributed by atoms with van der Waals surface area (Å²) in [5, 5.41) is 12.0. The first-order valence-electron chi connectivity index (χ1n) is 4.32. The molecule has 0 aromatic rings. The van der Waals surface area contributed by atoms with Crippen molar-refractivity contribution in [2.24, 2.45) is 0 Å². The number of hydrogen-bond donors (Lipinski definition) is 2. The molecule has 2 N–H and O–H groups in total. The van der Waals surface area contributed by atoms with Gasteiger partial charge in [-0.2, -0.15) is 0 Å². The van der Waals surface area contributed by atoms with E-state index in [0.29, 0.717) is 12.1 Å². The summed E-state index contributed by atoms with van der Waals surface area (Å²) in [5.74, 6) is -0.820. The van der Waals surface area contributed by atoms with Crippen LogP contribution in [0.5, 0.6) is 0 Å². The normalized spacial score (nSPS) is 21.1. The fourth-order valence-corrected chi connectivity index (χ4v) is 1.68. The van der Waals surface area contributed by atoms with Gasteiger partial charge in [-0.05, 0) is 17.6 Å². The number of carboxylic acid groups (broad SMARTS) is 1. The van der Waals surface area contributed by atoms with Crippen LogP contribution in [0.4, 0.5) is 0 Å². The summed E-state index contributed by atoms with van der Waals surface area (Å²) in [6.45, 7) is 1.25. The second kappa shape index (κ2) is 3.18. The molecule has 0 radical (unpaired) electrons. The lowest BCUT2D eigenvalue weighted by molar-refractivity contribution is -0.132. The highest BCUT2D eigenvalue weighted by molar-refractivity contribution is 5.90. The molecule has 2 aliphatic rings. The van der Waals surface area contributed by atoms with Gasteiger partial charge in [0.1, 0.15) is 0 Å². The largest absolute Gasteiger partial charge is 0.478 e. The van der Waals surface area contributed by atoms with Crippen LogP contribution in [0.2, 0.25) is 0 Å². The number of hydrogen-bond acceptors (Lipinski definition) is 2. The fraction of sp³-hybridized carbons (Fsp3) is 0.300. The molecule has 2 rings (SSSR count). The van der Waals surface area contributed by atoms with Crippen molar-refractivity contribution in [3.8, 4) is 0 Å². The lowest BCUT2D eigenvalue weighted by Crippen LogP contribution is -2.30. The van der Waals surface area contributed by atoms with Gasteiger partial charge in [0.25, 0.3) is 0 Å². The van der Waals surface area contributed by atoms with Crippen molar-refractivity contribution < 1.29 is 9.90 Å². The lowest BCUT2D eigenvalue weighted by atomic mass is 9.92. The van der Waals surface area contributed by atoms with E-state index in [-0.39, 0.29) is 0 Å². The smallest absolute Gasteiger partial charge is 0.333 e. The highest BCUT2D eigenvalue weighted by Gasteiger charge is 2.20. The van der Waals surface area contributed by atoms with Crippen LogP contribution in [0.15, 0.2) is 34.9 Å². The third kappa shape index (κ3) is 1.42. The average molecular weight is 177 g/mol. The Kier molecular flexibility index (Phi) is 2.02. The Morgan fingerprint density at radius 2 is 2.31 bits per heavy atom. The maximum absolute atomic E-state index is 10.9. The number of allylic oxidation sites excluding steroid dienone is 3. The van der Waals surface area contributed by atoms with Crippen LogP contribution in [-0.2, 0) is 4.79 Å². The standard InChI is InChI=1S/C10H11NO2/c12-10(13)9-6-11-5-7-3-1-2-4-8(7)9/h2-4,11H,1,5-6H2,(H,12,13). The predicted octanol–water partition coefficient (Wildman–Crippen LogP) is 0.857. The van der Waals surface area contributed by atoms with Crippen LogP contribution in [0, 0.1) is 0 Å². The molecule has 1 aliphatic carbocycles. The summed E-state index contributed by atoms with van der Waals surface area (Å²) in [6.07, 6.45) is 6.89. The van der Waals surface area contributed by atoms with Crippen LogP contribution in [0.3, 0.4) is 0 Å². The van der Waals surface area contributed by atoms with Gasteiger partial charge in [-0.15, -0.1) is 0 Å². The van der Waals surface area contributed by atoms with Gasteiger partial charge in [-0.25, -0.2) is 4.79 Å². The predicted molar refractivity (Wildman–Crippen MR) is 49.4 cm³/mol. The molecule has 0 fully saturated rings. The second-order valence-corrected chi connectivity index (χ2v) is 3.17. The molecule has 0 bridgehead atoms. The van der Waals surface area contributed by atoms with Crippen molar-refractivity contribution in [3.05, 3.63) is 34.9 Å². The number of rotatable bonds is 1. The van der Waals surface area contributed by atoms with Crippen molar-refractivity contribution in [3.63, 3.8) is 0 Å². The molecule has 1 heterocycles. The van der Waals surface area contributed by atoms with Crippen LogP contribution >= 0.6 is 0 Å². The Morgan fingerprint density at radius 3 is 3.08 bits per heavy atom. The van der Waals surface area contributed by atoms with E-state index in [1.54, 1.807) is 0 Å². The first kappa shape index (κ1) is 8.26. The van der Waals surface area contributed by atoms with Gasteiger partial charge in [-0.3, -0.25) is 0 Å². The maximum Gasteiger partial charge on any atom is 0.333 e. The summed E-state index contributed by atoms with van der Waals surface area (Å²) in [4.78, 5) is 10.9. The topological polar surface area (TPSA) is 49.3 Å². The summed E-state index contributed by atoms with van der Waals surface area (Å²) >= 11 is 0. The van der Waals surface area contributed by atoms with E-state index in [2.05, 4.69) is 11.4 Å². The molecule has 3 nitrogen and oxygen atoms in total. The molecule has 0 saturated heterocycles. The number of carboxylic acids is 1. The van der Waals surface area contributed by atoms with Crippen LogP contribution in [0.25, 0.3) is 0 Å². The van der Waals surface area contributed by atoms with E-state index in [4.69, 9.17) is 5.11 Å². The monoisotopic (exact) mass is 177 g/mol. The summed E-state index contributed by atoms with van der Waals surface area (Å²) in [5.41, 5.74) is 2.50. The van der Waals surface area contributed by atoms with Crippen molar-refractivity contribution in [2.45, 2.75) is 6.42 Å². The zero-order valence-corrected chi connectivity index (χ0v) is 7.21. The van der Waals surface area contributed by atoms with Crippen molar-refractivity contribution in [2.75, 3.05) is 13.1 Å². The van der Waals surface area contributed by atoms with Crippen molar-refractivity contribution in [1.82, 2.24) is 5.32 Å². The van der Waals surface area contributed by atoms with Crippen LogP contribution in [-0.4, -0.2) is 24.2 Å². The Hall–Kier alpha value is -1.35. The minimum Gasteiger partial charge on any atom is -0.478 e. The molecule has 3 heteroatoms. The Labute approximate surface area is 76.4 Å². The van der Waals surface area contributed by atoms with Gasteiger partial charge in [0.15, 0.2) is 0 Å². The molecular formula is C10H11NO2. The van der Waals surface area contributed by atoms with E-state index in [9.17, 15) is 4.79 Å². The van der Waals surface area contributed by atoms with E-state index in [0.717, 1.165) is 24.1 Å². The van der Waals surface area contributed by atoms with Crippen molar-refractivity contribution >= 4 is 5.97 Å². The van der Waals surface area contributed by atoms with Gasteiger partial charge in [0.05, 0.1) is 5.57 Å². The minimum absolute atomic E-state index is 0.465. The van der Waals surface area contributed by atoms with E-state index in [1.165, 1.54) is 0 Å². The number of nitrogens with one attached hydrogen (secondary N) is 1. The van der Waals surface area contributed by atoms with E-state index in [1.807, 2.05) is 12.2 Å². The second-order valence-electron chi connectivity index (χ2n) is 3.17. The number of fused-ring (bicyclic) bond motifs is 1. The zero-order valence-electron chi connectivity index (χ0n) is 7.21. The molecule has 0 aromatic heterocycles. The van der Waals surface area contributed by atoms with Crippen molar-refractivity contribution in [1.29, 1.82) is 0 Å². The van der Waals surface area contributed by atoms with Gasteiger partial charge in [0.2, 0.25) is 0 Å².